The Hall–Kier alpha value is -3.80. The van der Waals surface area contributed by atoms with Gasteiger partial charge < -0.3 is 10.2 Å². The van der Waals surface area contributed by atoms with Crippen molar-refractivity contribution in [3.63, 3.8) is 0 Å². The zero-order valence-corrected chi connectivity index (χ0v) is 16.1. The molecule has 0 aliphatic heterocycles. The van der Waals surface area contributed by atoms with Crippen LogP contribution in [-0.4, -0.2) is 32.3 Å². The van der Waals surface area contributed by atoms with Crippen LogP contribution in [0.3, 0.4) is 0 Å². The van der Waals surface area contributed by atoms with E-state index in [9.17, 15) is 4.79 Å². The first kappa shape index (κ1) is 18.6. The lowest BCUT2D eigenvalue weighted by molar-refractivity contribution is 0.0746. The van der Waals surface area contributed by atoms with E-state index in [0.29, 0.717) is 24.6 Å². The molecule has 0 bridgehead atoms. The fraction of sp³-hybridized carbons (Fsp3) is 0.130. The number of pyridine rings is 1. The molecule has 1 N–H and O–H groups in total. The second-order valence-electron chi connectivity index (χ2n) is 6.60. The first-order chi connectivity index (χ1) is 14.2. The Morgan fingerprint density at radius 3 is 2.52 bits per heavy atom. The van der Waals surface area contributed by atoms with Gasteiger partial charge in [0.05, 0.1) is 23.6 Å². The standard InChI is InChI=1S/C23H21N5O/c1-2-28(16-17-8-4-3-5-9-17)23(29)20-14-26-21(15-25-20)27-19-12-6-10-18-11-7-13-24-22(18)19/h3-15H,2,16H2,1H3,(H,26,27). The summed E-state index contributed by atoms with van der Waals surface area (Å²) < 4.78 is 0. The number of fused-ring (bicyclic) bond motifs is 1. The summed E-state index contributed by atoms with van der Waals surface area (Å²) in [5, 5.41) is 4.27. The molecule has 4 aromatic rings. The molecule has 4 rings (SSSR count). The highest BCUT2D eigenvalue weighted by atomic mass is 16.2. The molecule has 0 saturated carbocycles. The largest absolute Gasteiger partial charge is 0.337 e. The van der Waals surface area contributed by atoms with E-state index in [4.69, 9.17) is 0 Å². The van der Waals surface area contributed by atoms with Crippen molar-refractivity contribution in [1.82, 2.24) is 19.9 Å². The minimum atomic E-state index is -0.137. The van der Waals surface area contributed by atoms with Crippen LogP contribution < -0.4 is 5.32 Å². The first-order valence-corrected chi connectivity index (χ1v) is 9.50. The monoisotopic (exact) mass is 383 g/mol. The van der Waals surface area contributed by atoms with Crippen LogP contribution in [0.1, 0.15) is 23.0 Å². The Morgan fingerprint density at radius 2 is 1.76 bits per heavy atom. The number of rotatable bonds is 6. The van der Waals surface area contributed by atoms with Gasteiger partial charge in [-0.05, 0) is 24.6 Å². The molecule has 0 atom stereocenters. The molecular formula is C23H21N5O. The first-order valence-electron chi connectivity index (χ1n) is 9.50. The highest BCUT2D eigenvalue weighted by molar-refractivity contribution is 5.93. The van der Waals surface area contributed by atoms with Crippen LogP contribution in [0.15, 0.2) is 79.3 Å². The van der Waals surface area contributed by atoms with Gasteiger partial charge in [-0.25, -0.2) is 9.97 Å². The van der Waals surface area contributed by atoms with Crippen molar-refractivity contribution < 1.29 is 4.79 Å². The Balaban J connectivity index is 1.50. The van der Waals surface area contributed by atoms with Gasteiger partial charge in [-0.1, -0.05) is 48.5 Å². The third-order valence-corrected chi connectivity index (χ3v) is 4.65. The molecule has 144 valence electrons. The number of amides is 1. The summed E-state index contributed by atoms with van der Waals surface area (Å²) in [7, 11) is 0. The van der Waals surface area contributed by atoms with Crippen LogP contribution in [0.25, 0.3) is 10.9 Å². The van der Waals surface area contributed by atoms with Crippen molar-refractivity contribution in [2.24, 2.45) is 0 Å². The van der Waals surface area contributed by atoms with E-state index in [1.54, 1.807) is 17.3 Å². The maximum Gasteiger partial charge on any atom is 0.274 e. The van der Waals surface area contributed by atoms with Gasteiger partial charge in [0.25, 0.3) is 5.91 Å². The van der Waals surface area contributed by atoms with E-state index < -0.39 is 0 Å². The van der Waals surface area contributed by atoms with Gasteiger partial charge in [0, 0.05) is 24.7 Å². The Kier molecular flexibility index (Phi) is 5.42. The number of nitrogens with zero attached hydrogens (tertiary/aromatic N) is 4. The van der Waals surface area contributed by atoms with Gasteiger partial charge in [0.1, 0.15) is 11.5 Å². The number of carbonyl (C=O) groups is 1. The smallest absolute Gasteiger partial charge is 0.274 e. The number of hydrogen-bond donors (Lipinski definition) is 1. The van der Waals surface area contributed by atoms with Gasteiger partial charge in [-0.3, -0.25) is 9.78 Å². The Morgan fingerprint density at radius 1 is 0.931 bits per heavy atom. The topological polar surface area (TPSA) is 71.0 Å². The second kappa shape index (κ2) is 8.48. The molecular weight excluding hydrogens is 362 g/mol. The lowest BCUT2D eigenvalue weighted by Crippen LogP contribution is -2.31. The van der Waals surface area contributed by atoms with E-state index in [2.05, 4.69) is 20.3 Å². The van der Waals surface area contributed by atoms with Gasteiger partial charge >= 0.3 is 0 Å². The summed E-state index contributed by atoms with van der Waals surface area (Å²) in [5.74, 6) is 0.424. The number of hydrogen-bond acceptors (Lipinski definition) is 5. The van der Waals surface area contributed by atoms with Crippen molar-refractivity contribution in [2.75, 3.05) is 11.9 Å². The average Bonchev–Trinajstić information content (AvgIpc) is 2.78. The fourth-order valence-electron chi connectivity index (χ4n) is 3.14. The van der Waals surface area contributed by atoms with E-state index in [1.165, 1.54) is 6.20 Å². The summed E-state index contributed by atoms with van der Waals surface area (Å²) in [5.41, 5.74) is 3.11. The normalized spacial score (nSPS) is 10.7. The van der Waals surface area contributed by atoms with Crippen molar-refractivity contribution in [3.05, 3.63) is 90.5 Å². The Labute approximate surface area is 169 Å². The van der Waals surface area contributed by atoms with Gasteiger partial charge in [-0.2, -0.15) is 0 Å². The molecule has 0 aliphatic rings. The maximum atomic E-state index is 12.8. The number of nitrogens with one attached hydrogen (secondary N) is 1. The van der Waals surface area contributed by atoms with E-state index in [-0.39, 0.29) is 5.91 Å². The molecule has 2 heterocycles. The molecule has 0 unspecified atom stereocenters. The number of carbonyl (C=O) groups excluding carboxylic acids is 1. The molecule has 6 nitrogen and oxygen atoms in total. The molecule has 0 radical (unpaired) electrons. The van der Waals surface area contributed by atoms with Crippen molar-refractivity contribution in [2.45, 2.75) is 13.5 Å². The van der Waals surface area contributed by atoms with Crippen LogP contribution in [-0.2, 0) is 6.54 Å². The molecule has 0 aliphatic carbocycles. The molecule has 2 aromatic carbocycles. The molecule has 0 saturated heterocycles. The van der Waals surface area contributed by atoms with Crippen LogP contribution >= 0.6 is 0 Å². The fourth-order valence-corrected chi connectivity index (χ4v) is 3.14. The highest BCUT2D eigenvalue weighted by Crippen LogP contribution is 2.23. The lowest BCUT2D eigenvalue weighted by atomic mass is 10.2. The average molecular weight is 383 g/mol. The Bertz CT molecular complexity index is 1110. The lowest BCUT2D eigenvalue weighted by Gasteiger charge is -2.20. The molecule has 0 fully saturated rings. The molecule has 1 amide bonds. The quantitative estimate of drug-likeness (QED) is 0.533. The van der Waals surface area contributed by atoms with E-state index >= 15 is 0 Å². The van der Waals surface area contributed by atoms with Gasteiger partial charge in [0.2, 0.25) is 0 Å². The predicted octanol–water partition coefficient (Wildman–Crippen LogP) is 4.43. The van der Waals surface area contributed by atoms with Gasteiger partial charge in [0.15, 0.2) is 0 Å². The molecule has 2 aromatic heterocycles. The predicted molar refractivity (Wildman–Crippen MR) is 114 cm³/mol. The van der Waals surface area contributed by atoms with E-state index in [0.717, 1.165) is 22.2 Å². The van der Waals surface area contributed by atoms with Gasteiger partial charge in [-0.15, -0.1) is 0 Å². The SMILES string of the molecule is CCN(Cc1ccccc1)C(=O)c1cnc(Nc2cccc3cccnc23)cn1. The summed E-state index contributed by atoms with van der Waals surface area (Å²) in [6.07, 6.45) is 4.84. The minimum Gasteiger partial charge on any atom is -0.337 e. The van der Waals surface area contributed by atoms with Crippen molar-refractivity contribution in [1.29, 1.82) is 0 Å². The third-order valence-electron chi connectivity index (χ3n) is 4.65. The van der Waals surface area contributed by atoms with Crippen molar-refractivity contribution in [3.8, 4) is 0 Å². The third kappa shape index (κ3) is 4.21. The summed E-state index contributed by atoms with van der Waals surface area (Å²) >= 11 is 0. The molecule has 0 spiro atoms. The highest BCUT2D eigenvalue weighted by Gasteiger charge is 2.16. The molecule has 6 heteroatoms. The summed E-state index contributed by atoms with van der Waals surface area (Å²) in [6, 6.07) is 19.7. The summed E-state index contributed by atoms with van der Waals surface area (Å²) in [6.45, 7) is 3.09. The van der Waals surface area contributed by atoms with Crippen molar-refractivity contribution >= 4 is 28.3 Å². The zero-order chi connectivity index (χ0) is 20.1. The number of anilines is 2. The van der Waals surface area contributed by atoms with E-state index in [1.807, 2.05) is 67.6 Å². The van der Waals surface area contributed by atoms with Crippen LogP contribution in [0.5, 0.6) is 0 Å². The summed E-state index contributed by atoms with van der Waals surface area (Å²) in [4.78, 5) is 27.7. The second-order valence-corrected chi connectivity index (χ2v) is 6.60. The number of aromatic nitrogens is 3. The van der Waals surface area contributed by atoms with Crippen LogP contribution in [0, 0.1) is 0 Å². The zero-order valence-electron chi connectivity index (χ0n) is 16.1. The minimum absolute atomic E-state index is 0.137. The van der Waals surface area contributed by atoms with Crippen LogP contribution in [0.2, 0.25) is 0 Å². The number of para-hydroxylation sites is 1. The molecule has 29 heavy (non-hydrogen) atoms. The maximum absolute atomic E-state index is 12.8. The van der Waals surface area contributed by atoms with Crippen LogP contribution in [0.4, 0.5) is 11.5 Å². The number of benzene rings is 2.